The maximum atomic E-state index is 13.2. The van der Waals surface area contributed by atoms with Crippen LogP contribution in [0.15, 0.2) is 23.1 Å². The summed E-state index contributed by atoms with van der Waals surface area (Å²) in [5.41, 5.74) is -0.260. The second kappa shape index (κ2) is 5.25. The van der Waals surface area contributed by atoms with Crippen molar-refractivity contribution in [3.05, 3.63) is 29.6 Å². The summed E-state index contributed by atoms with van der Waals surface area (Å²) in [6.07, 6.45) is 0. The van der Waals surface area contributed by atoms with Crippen molar-refractivity contribution in [2.24, 2.45) is 0 Å². The molecule has 2 rings (SSSR count). The van der Waals surface area contributed by atoms with Crippen molar-refractivity contribution in [2.75, 3.05) is 19.6 Å². The molecule has 1 N–H and O–H groups in total. The van der Waals surface area contributed by atoms with E-state index in [1.54, 1.807) is 13.0 Å². The molecule has 0 saturated carbocycles. The molecule has 1 fully saturated rings. The van der Waals surface area contributed by atoms with Gasteiger partial charge in [0, 0.05) is 25.7 Å². The van der Waals surface area contributed by atoms with Crippen LogP contribution < -0.4 is 5.32 Å². The maximum absolute atomic E-state index is 13.2. The summed E-state index contributed by atoms with van der Waals surface area (Å²) in [6.45, 7) is 3.32. The van der Waals surface area contributed by atoms with E-state index < -0.39 is 15.8 Å². The standard InChI is InChI=1S/C12H14FN3O2S/c1-9-8-15-4-5-16(9)19(17,18)11-2-3-12(13)10(6-11)7-14/h2-3,6,9,15H,4-5,8H2,1H3. The third kappa shape index (κ3) is 2.61. The zero-order valence-corrected chi connectivity index (χ0v) is 11.2. The number of nitriles is 1. The van der Waals surface area contributed by atoms with Gasteiger partial charge in [0.05, 0.1) is 10.5 Å². The highest BCUT2D eigenvalue weighted by Crippen LogP contribution is 2.21. The van der Waals surface area contributed by atoms with Crippen molar-refractivity contribution in [3.8, 4) is 6.07 Å². The molecular formula is C12H14FN3O2S. The van der Waals surface area contributed by atoms with Gasteiger partial charge in [-0.25, -0.2) is 12.8 Å². The number of nitrogens with one attached hydrogen (secondary N) is 1. The van der Waals surface area contributed by atoms with Crippen molar-refractivity contribution in [1.29, 1.82) is 5.26 Å². The molecular weight excluding hydrogens is 269 g/mol. The lowest BCUT2D eigenvalue weighted by molar-refractivity contribution is 0.284. The topological polar surface area (TPSA) is 73.2 Å². The molecule has 1 aromatic carbocycles. The zero-order chi connectivity index (χ0) is 14.0. The minimum atomic E-state index is -3.69. The first-order valence-electron chi connectivity index (χ1n) is 5.89. The van der Waals surface area contributed by atoms with Crippen LogP contribution in [0.25, 0.3) is 0 Å². The molecule has 0 radical (unpaired) electrons. The first kappa shape index (κ1) is 13.9. The van der Waals surface area contributed by atoms with Crippen LogP contribution in [0, 0.1) is 17.1 Å². The van der Waals surface area contributed by atoms with Gasteiger partial charge in [0.25, 0.3) is 0 Å². The number of halogens is 1. The molecule has 1 heterocycles. The van der Waals surface area contributed by atoms with E-state index in [1.165, 1.54) is 10.4 Å². The zero-order valence-electron chi connectivity index (χ0n) is 10.4. The Morgan fingerprint density at radius 2 is 2.26 bits per heavy atom. The summed E-state index contributed by atoms with van der Waals surface area (Å²) < 4.78 is 39.5. The fourth-order valence-electron chi connectivity index (χ4n) is 2.07. The van der Waals surface area contributed by atoms with Crippen LogP contribution in [-0.4, -0.2) is 38.4 Å². The molecule has 1 aliphatic heterocycles. The number of piperazine rings is 1. The molecule has 7 heteroatoms. The monoisotopic (exact) mass is 283 g/mol. The summed E-state index contributed by atoms with van der Waals surface area (Å²) in [5.74, 6) is -0.713. The van der Waals surface area contributed by atoms with Crippen LogP contribution in [-0.2, 0) is 10.0 Å². The Morgan fingerprint density at radius 1 is 1.53 bits per heavy atom. The van der Waals surface area contributed by atoms with Gasteiger partial charge in [-0.05, 0) is 25.1 Å². The molecule has 19 heavy (non-hydrogen) atoms. The highest BCUT2D eigenvalue weighted by molar-refractivity contribution is 7.89. The number of rotatable bonds is 2. The number of hydrogen-bond acceptors (Lipinski definition) is 4. The van der Waals surface area contributed by atoms with Gasteiger partial charge < -0.3 is 5.32 Å². The first-order chi connectivity index (χ1) is 8.96. The van der Waals surface area contributed by atoms with Crippen LogP contribution >= 0.6 is 0 Å². The Hall–Kier alpha value is -1.49. The molecule has 5 nitrogen and oxygen atoms in total. The van der Waals surface area contributed by atoms with E-state index in [9.17, 15) is 12.8 Å². The summed E-state index contributed by atoms with van der Waals surface area (Å²) in [7, 11) is -3.69. The molecule has 1 aliphatic rings. The van der Waals surface area contributed by atoms with Gasteiger partial charge in [-0.2, -0.15) is 9.57 Å². The Balaban J connectivity index is 2.42. The van der Waals surface area contributed by atoms with Crippen LogP contribution in [0.5, 0.6) is 0 Å². The third-order valence-electron chi connectivity index (χ3n) is 3.11. The lowest BCUT2D eigenvalue weighted by Crippen LogP contribution is -2.52. The molecule has 1 aromatic rings. The Labute approximate surface area is 111 Å². The lowest BCUT2D eigenvalue weighted by Gasteiger charge is -2.32. The quantitative estimate of drug-likeness (QED) is 0.866. The van der Waals surface area contributed by atoms with Crippen LogP contribution in [0.4, 0.5) is 4.39 Å². The molecule has 1 saturated heterocycles. The maximum Gasteiger partial charge on any atom is 0.243 e. The summed E-state index contributed by atoms with van der Waals surface area (Å²) in [4.78, 5) is -0.0424. The Kier molecular flexibility index (Phi) is 3.85. The van der Waals surface area contributed by atoms with E-state index in [2.05, 4.69) is 5.32 Å². The molecule has 0 aromatic heterocycles. The second-order valence-electron chi connectivity index (χ2n) is 4.42. The second-order valence-corrected chi connectivity index (χ2v) is 6.31. The molecule has 0 aliphatic carbocycles. The van der Waals surface area contributed by atoms with Crippen molar-refractivity contribution in [1.82, 2.24) is 9.62 Å². The molecule has 102 valence electrons. The van der Waals surface area contributed by atoms with E-state index in [0.29, 0.717) is 19.6 Å². The van der Waals surface area contributed by atoms with Gasteiger partial charge >= 0.3 is 0 Å². The minimum Gasteiger partial charge on any atom is -0.314 e. The van der Waals surface area contributed by atoms with Gasteiger partial charge in [0.1, 0.15) is 11.9 Å². The van der Waals surface area contributed by atoms with E-state index in [1.807, 2.05) is 0 Å². The average molecular weight is 283 g/mol. The molecule has 0 amide bonds. The molecule has 0 bridgehead atoms. The van der Waals surface area contributed by atoms with Crippen LogP contribution in [0.1, 0.15) is 12.5 Å². The van der Waals surface area contributed by atoms with E-state index >= 15 is 0 Å². The van der Waals surface area contributed by atoms with Crippen molar-refractivity contribution < 1.29 is 12.8 Å². The Morgan fingerprint density at radius 3 is 2.89 bits per heavy atom. The summed E-state index contributed by atoms with van der Waals surface area (Å²) in [6, 6.07) is 4.77. The number of hydrogen-bond donors (Lipinski definition) is 1. The third-order valence-corrected chi connectivity index (χ3v) is 5.11. The van der Waals surface area contributed by atoms with Crippen molar-refractivity contribution in [2.45, 2.75) is 17.9 Å². The van der Waals surface area contributed by atoms with Crippen molar-refractivity contribution in [3.63, 3.8) is 0 Å². The number of benzene rings is 1. The van der Waals surface area contributed by atoms with E-state index in [4.69, 9.17) is 5.26 Å². The van der Waals surface area contributed by atoms with Gasteiger partial charge in [-0.15, -0.1) is 0 Å². The largest absolute Gasteiger partial charge is 0.314 e. The first-order valence-corrected chi connectivity index (χ1v) is 7.33. The highest BCUT2D eigenvalue weighted by Gasteiger charge is 2.31. The van der Waals surface area contributed by atoms with Gasteiger partial charge in [-0.1, -0.05) is 0 Å². The van der Waals surface area contributed by atoms with E-state index in [0.717, 1.165) is 12.1 Å². The van der Waals surface area contributed by atoms with Crippen LogP contribution in [0.3, 0.4) is 0 Å². The van der Waals surface area contributed by atoms with Crippen molar-refractivity contribution >= 4 is 10.0 Å². The van der Waals surface area contributed by atoms with Gasteiger partial charge in [-0.3, -0.25) is 0 Å². The minimum absolute atomic E-state index is 0.0424. The summed E-state index contributed by atoms with van der Waals surface area (Å²) >= 11 is 0. The van der Waals surface area contributed by atoms with Gasteiger partial charge in [0.15, 0.2) is 0 Å². The molecule has 1 unspecified atom stereocenters. The van der Waals surface area contributed by atoms with Gasteiger partial charge in [0.2, 0.25) is 10.0 Å². The number of nitrogens with zero attached hydrogens (tertiary/aromatic N) is 2. The number of sulfonamides is 1. The highest BCUT2D eigenvalue weighted by atomic mass is 32.2. The molecule has 1 atom stereocenters. The predicted octanol–water partition coefficient (Wildman–Crippen LogP) is 0.680. The smallest absolute Gasteiger partial charge is 0.243 e. The predicted molar refractivity (Wildman–Crippen MR) is 67.3 cm³/mol. The SMILES string of the molecule is CC1CNCCN1S(=O)(=O)c1ccc(F)c(C#N)c1. The van der Waals surface area contributed by atoms with E-state index in [-0.39, 0.29) is 16.5 Å². The Bertz CT molecular complexity index is 624. The fraction of sp³-hybridized carbons (Fsp3) is 0.417. The fourth-order valence-corrected chi connectivity index (χ4v) is 3.72. The lowest BCUT2D eigenvalue weighted by atomic mass is 10.2. The summed E-state index contributed by atoms with van der Waals surface area (Å²) in [5, 5.41) is 11.9. The molecule has 0 spiro atoms. The van der Waals surface area contributed by atoms with Crippen LogP contribution in [0.2, 0.25) is 0 Å². The normalized spacial score (nSPS) is 21.0. The average Bonchev–Trinajstić information content (AvgIpc) is 2.39.